The van der Waals surface area contributed by atoms with Gasteiger partial charge in [0, 0.05) is 49.9 Å². The van der Waals surface area contributed by atoms with Gasteiger partial charge in [0.05, 0.1) is 11.7 Å². The lowest BCUT2D eigenvalue weighted by molar-refractivity contribution is 0.0600. The topological polar surface area (TPSA) is 71.0 Å². The quantitative estimate of drug-likeness (QED) is 0.497. The maximum Gasteiger partial charge on any atom is 0.274 e. The molecule has 2 aliphatic rings. The van der Waals surface area contributed by atoms with Crippen molar-refractivity contribution in [3.63, 3.8) is 0 Å². The summed E-state index contributed by atoms with van der Waals surface area (Å²) in [6.07, 6.45) is 11.2. The molecule has 1 amide bonds. The Hall–Kier alpha value is -3.42. The number of aromatic nitrogens is 5. The fourth-order valence-corrected chi connectivity index (χ4v) is 5.10. The smallest absolute Gasteiger partial charge is 0.274 e. The predicted octanol–water partition coefficient (Wildman–Crippen LogP) is 3.65. The number of likely N-dealkylation sites (tertiary alicyclic amines) is 1. The summed E-state index contributed by atoms with van der Waals surface area (Å²) in [6, 6.07) is 7.78. The second-order valence-corrected chi connectivity index (χ2v) is 8.92. The van der Waals surface area contributed by atoms with Crippen LogP contribution in [0.2, 0.25) is 0 Å². The molecule has 0 bridgehead atoms. The molecule has 6 rings (SSSR count). The van der Waals surface area contributed by atoms with Crippen molar-refractivity contribution in [2.24, 2.45) is 0 Å². The van der Waals surface area contributed by atoms with Gasteiger partial charge in [-0.25, -0.2) is 14.5 Å². The number of aryl methyl sites for hydroxylation is 1. The van der Waals surface area contributed by atoms with E-state index in [0.29, 0.717) is 5.69 Å². The Balaban J connectivity index is 1.34. The van der Waals surface area contributed by atoms with Crippen molar-refractivity contribution in [2.45, 2.75) is 45.1 Å². The van der Waals surface area contributed by atoms with Gasteiger partial charge in [0.1, 0.15) is 17.2 Å². The molecule has 164 valence electrons. The third-order valence-electron chi connectivity index (χ3n) is 6.72. The molecule has 0 unspecified atom stereocenters. The Morgan fingerprint density at radius 1 is 1.00 bits per heavy atom. The number of imidazole rings is 1. The van der Waals surface area contributed by atoms with Gasteiger partial charge >= 0.3 is 0 Å². The van der Waals surface area contributed by atoms with Gasteiger partial charge in [-0.05, 0) is 51.2 Å². The lowest BCUT2D eigenvalue weighted by Crippen LogP contribution is -2.38. The number of hydrogen-bond acceptors (Lipinski definition) is 5. The molecule has 32 heavy (non-hydrogen) atoms. The maximum absolute atomic E-state index is 13.4. The van der Waals surface area contributed by atoms with Crippen LogP contribution in [-0.2, 0) is 0 Å². The zero-order chi connectivity index (χ0) is 21.7. The first-order chi connectivity index (χ1) is 15.7. The molecule has 0 spiro atoms. The van der Waals surface area contributed by atoms with Gasteiger partial charge in [0.2, 0.25) is 0 Å². The molecule has 8 heteroatoms. The SMILES string of the molecule is Cc1cn2nc([C@@H]3CCCCN3C(=O)c3cn4ccccc4n3)cc2nc1N1CCCC1. The summed E-state index contributed by atoms with van der Waals surface area (Å²) in [5, 5.41) is 4.85. The standard InChI is InChI=1S/C24H27N7O/c1-17-15-31-22(26-23(17)28-10-6-7-11-28)14-18(27-31)20-8-2-5-13-30(20)24(32)19-16-29-12-4-3-9-21(29)25-19/h3-4,9,12,14-16,20H,2,5-8,10-11,13H2,1H3/t20-/m0/s1. The minimum atomic E-state index is -0.0571. The number of carbonyl (C=O) groups is 1. The van der Waals surface area contributed by atoms with Gasteiger partial charge in [0.15, 0.2) is 5.65 Å². The number of fused-ring (bicyclic) bond motifs is 2. The van der Waals surface area contributed by atoms with E-state index in [0.717, 1.165) is 67.3 Å². The maximum atomic E-state index is 13.4. The van der Waals surface area contributed by atoms with Crippen molar-refractivity contribution in [3.05, 3.63) is 59.8 Å². The van der Waals surface area contributed by atoms with Gasteiger partial charge in [-0.15, -0.1) is 0 Å². The minimum Gasteiger partial charge on any atom is -0.356 e. The number of anilines is 1. The molecule has 0 saturated carbocycles. The lowest BCUT2D eigenvalue weighted by atomic mass is 9.99. The Kier molecular flexibility index (Phi) is 4.59. The van der Waals surface area contributed by atoms with E-state index in [1.165, 1.54) is 12.8 Å². The van der Waals surface area contributed by atoms with E-state index in [9.17, 15) is 4.79 Å². The molecule has 2 aliphatic heterocycles. The lowest BCUT2D eigenvalue weighted by Gasteiger charge is -2.34. The predicted molar refractivity (Wildman–Crippen MR) is 122 cm³/mol. The van der Waals surface area contributed by atoms with Gasteiger partial charge in [0.25, 0.3) is 5.91 Å². The number of amides is 1. The number of rotatable bonds is 3. The Labute approximate surface area is 186 Å². The molecule has 4 aromatic heterocycles. The molecule has 0 aliphatic carbocycles. The summed E-state index contributed by atoms with van der Waals surface area (Å²) in [7, 11) is 0. The first kappa shape index (κ1) is 19.3. The number of hydrogen-bond donors (Lipinski definition) is 0. The molecule has 4 aromatic rings. The summed E-state index contributed by atoms with van der Waals surface area (Å²) < 4.78 is 3.76. The number of nitrogens with zero attached hydrogens (tertiary/aromatic N) is 7. The summed E-state index contributed by atoms with van der Waals surface area (Å²) in [4.78, 5) is 27.2. The number of pyridine rings is 1. The average Bonchev–Trinajstić information content (AvgIpc) is 3.56. The van der Waals surface area contributed by atoms with E-state index in [2.05, 4.69) is 29.1 Å². The van der Waals surface area contributed by atoms with Crippen LogP contribution in [0.1, 0.15) is 59.9 Å². The van der Waals surface area contributed by atoms with Crippen LogP contribution in [-0.4, -0.2) is 54.4 Å². The fraction of sp³-hybridized carbons (Fsp3) is 0.417. The van der Waals surface area contributed by atoms with Crippen LogP contribution in [0.15, 0.2) is 42.9 Å². The van der Waals surface area contributed by atoms with E-state index in [-0.39, 0.29) is 11.9 Å². The van der Waals surface area contributed by atoms with Crippen LogP contribution >= 0.6 is 0 Å². The van der Waals surface area contributed by atoms with Crippen LogP contribution < -0.4 is 4.90 Å². The molecule has 0 aromatic carbocycles. The van der Waals surface area contributed by atoms with Crippen LogP contribution in [0, 0.1) is 6.92 Å². The highest BCUT2D eigenvalue weighted by atomic mass is 16.2. The first-order valence-corrected chi connectivity index (χ1v) is 11.5. The third-order valence-corrected chi connectivity index (χ3v) is 6.72. The second-order valence-electron chi connectivity index (χ2n) is 8.92. The summed E-state index contributed by atoms with van der Waals surface area (Å²) in [6.45, 7) is 4.95. The van der Waals surface area contributed by atoms with Crippen molar-refractivity contribution in [2.75, 3.05) is 24.5 Å². The van der Waals surface area contributed by atoms with E-state index in [4.69, 9.17) is 10.1 Å². The zero-order valence-electron chi connectivity index (χ0n) is 18.3. The van der Waals surface area contributed by atoms with Crippen molar-refractivity contribution in [1.29, 1.82) is 0 Å². The van der Waals surface area contributed by atoms with Crippen LogP contribution in [0.4, 0.5) is 5.82 Å². The van der Waals surface area contributed by atoms with Crippen LogP contribution in [0.25, 0.3) is 11.3 Å². The summed E-state index contributed by atoms with van der Waals surface area (Å²) in [5.41, 5.74) is 4.16. The van der Waals surface area contributed by atoms with E-state index in [1.807, 2.05) is 44.4 Å². The minimum absolute atomic E-state index is 0.0302. The van der Waals surface area contributed by atoms with E-state index in [1.54, 1.807) is 0 Å². The normalized spacial score (nSPS) is 19.3. The third kappa shape index (κ3) is 3.21. The molecule has 8 nitrogen and oxygen atoms in total. The summed E-state index contributed by atoms with van der Waals surface area (Å²) >= 11 is 0. The molecule has 0 N–H and O–H groups in total. The van der Waals surface area contributed by atoms with Crippen molar-refractivity contribution in [1.82, 2.24) is 28.9 Å². The average molecular weight is 430 g/mol. The Morgan fingerprint density at radius 3 is 2.69 bits per heavy atom. The second kappa shape index (κ2) is 7.62. The molecule has 0 radical (unpaired) electrons. The van der Waals surface area contributed by atoms with Gasteiger partial charge in [-0.1, -0.05) is 6.07 Å². The highest BCUT2D eigenvalue weighted by Gasteiger charge is 2.32. The number of carbonyl (C=O) groups excluding carboxylic acids is 1. The van der Waals surface area contributed by atoms with Gasteiger partial charge in [-0.3, -0.25) is 4.79 Å². The first-order valence-electron chi connectivity index (χ1n) is 11.5. The molecular formula is C24H27N7O. The Bertz CT molecular complexity index is 1270. The molecule has 6 heterocycles. The monoisotopic (exact) mass is 429 g/mol. The van der Waals surface area contributed by atoms with Gasteiger partial charge in [-0.2, -0.15) is 5.10 Å². The fourth-order valence-electron chi connectivity index (χ4n) is 5.10. The van der Waals surface area contributed by atoms with Crippen molar-refractivity contribution >= 4 is 23.0 Å². The Morgan fingerprint density at radius 2 is 1.84 bits per heavy atom. The van der Waals surface area contributed by atoms with Gasteiger partial charge < -0.3 is 14.2 Å². The van der Waals surface area contributed by atoms with Crippen molar-refractivity contribution in [3.8, 4) is 0 Å². The molecular weight excluding hydrogens is 402 g/mol. The molecule has 2 saturated heterocycles. The van der Waals surface area contributed by atoms with E-state index < -0.39 is 0 Å². The molecule has 2 fully saturated rings. The number of piperidine rings is 1. The van der Waals surface area contributed by atoms with Crippen molar-refractivity contribution < 1.29 is 4.79 Å². The summed E-state index contributed by atoms with van der Waals surface area (Å²) in [5.74, 6) is 1.03. The molecule has 1 atom stereocenters. The zero-order valence-corrected chi connectivity index (χ0v) is 18.3. The van der Waals surface area contributed by atoms with Crippen LogP contribution in [0.5, 0.6) is 0 Å². The highest BCUT2D eigenvalue weighted by molar-refractivity contribution is 5.93. The largest absolute Gasteiger partial charge is 0.356 e. The highest BCUT2D eigenvalue weighted by Crippen LogP contribution is 2.32. The van der Waals surface area contributed by atoms with E-state index >= 15 is 0 Å². The van der Waals surface area contributed by atoms with Crippen LogP contribution in [0.3, 0.4) is 0 Å².